The highest BCUT2D eigenvalue weighted by Crippen LogP contribution is 2.26. The lowest BCUT2D eigenvalue weighted by Crippen LogP contribution is -2.50. The zero-order valence-electron chi connectivity index (χ0n) is 14.4. The zero-order valence-corrected chi connectivity index (χ0v) is 14.4. The highest BCUT2D eigenvalue weighted by Gasteiger charge is 2.31. The molecule has 1 aliphatic rings. The summed E-state index contributed by atoms with van der Waals surface area (Å²) in [5, 5.41) is 2.68. The molecular formula is C19H22N2O4. The maximum absolute atomic E-state index is 12.7. The van der Waals surface area contributed by atoms with E-state index in [0.717, 1.165) is 5.56 Å². The van der Waals surface area contributed by atoms with Gasteiger partial charge in [0.15, 0.2) is 0 Å². The van der Waals surface area contributed by atoms with Gasteiger partial charge in [-0.1, -0.05) is 30.3 Å². The van der Waals surface area contributed by atoms with Crippen molar-refractivity contribution in [3.8, 4) is 0 Å². The molecule has 2 heterocycles. The third kappa shape index (κ3) is 3.91. The Morgan fingerprint density at radius 1 is 1.24 bits per heavy atom. The molecular weight excluding hydrogens is 320 g/mol. The summed E-state index contributed by atoms with van der Waals surface area (Å²) in [5.41, 5.74) is 1.47. The number of amides is 2. The van der Waals surface area contributed by atoms with Crippen LogP contribution in [0.4, 0.5) is 0 Å². The number of furan rings is 1. The Morgan fingerprint density at radius 3 is 2.68 bits per heavy atom. The number of hydrogen-bond acceptors (Lipinski definition) is 4. The Morgan fingerprint density at radius 2 is 2.00 bits per heavy atom. The first-order valence-electron chi connectivity index (χ1n) is 8.34. The Bertz CT molecular complexity index is 741. The molecule has 2 amide bonds. The summed E-state index contributed by atoms with van der Waals surface area (Å²) in [7, 11) is 0. The number of aryl methyl sites for hydroxylation is 1. The highest BCUT2D eigenvalue weighted by molar-refractivity contribution is 5.97. The quantitative estimate of drug-likeness (QED) is 0.925. The number of nitrogens with zero attached hydrogens (tertiary/aromatic N) is 1. The summed E-state index contributed by atoms with van der Waals surface area (Å²) in [6.07, 6.45) is 1.43. The van der Waals surface area contributed by atoms with E-state index in [1.807, 2.05) is 37.3 Å². The van der Waals surface area contributed by atoms with Gasteiger partial charge in [-0.05, 0) is 25.5 Å². The number of rotatable bonds is 4. The first-order valence-corrected chi connectivity index (χ1v) is 8.34. The molecule has 6 heteroatoms. The van der Waals surface area contributed by atoms with E-state index in [9.17, 15) is 9.59 Å². The van der Waals surface area contributed by atoms with Gasteiger partial charge in [-0.2, -0.15) is 0 Å². The van der Waals surface area contributed by atoms with Gasteiger partial charge in [-0.3, -0.25) is 9.59 Å². The number of benzene rings is 1. The largest absolute Gasteiger partial charge is 0.469 e. The van der Waals surface area contributed by atoms with Crippen LogP contribution in [0.5, 0.6) is 0 Å². The van der Waals surface area contributed by atoms with Gasteiger partial charge >= 0.3 is 0 Å². The van der Waals surface area contributed by atoms with Crippen molar-refractivity contribution in [2.24, 2.45) is 0 Å². The monoisotopic (exact) mass is 342 g/mol. The van der Waals surface area contributed by atoms with Crippen LogP contribution >= 0.6 is 0 Å². The van der Waals surface area contributed by atoms with Crippen LogP contribution in [0.2, 0.25) is 0 Å². The van der Waals surface area contributed by atoms with Gasteiger partial charge in [0.05, 0.1) is 37.1 Å². The molecule has 0 spiro atoms. The number of morpholine rings is 1. The lowest BCUT2D eigenvalue weighted by molar-refractivity contribution is -0.143. The van der Waals surface area contributed by atoms with E-state index in [1.165, 1.54) is 6.26 Å². The van der Waals surface area contributed by atoms with Crippen molar-refractivity contribution in [1.29, 1.82) is 0 Å². The standard InChI is InChI=1S/C19H22N2O4/c1-13-11-21(17(12-25-13)15-6-4-3-5-7-15)18(22)10-20-19(23)16-8-9-24-14(16)2/h3-9,13,17H,10-12H2,1-2H3,(H,20,23). The SMILES string of the molecule is Cc1occc1C(=O)NCC(=O)N1CC(C)OCC1c1ccccc1. The number of hydrogen-bond donors (Lipinski definition) is 1. The molecule has 0 radical (unpaired) electrons. The van der Waals surface area contributed by atoms with E-state index in [1.54, 1.807) is 17.9 Å². The fourth-order valence-corrected chi connectivity index (χ4v) is 3.00. The molecule has 1 saturated heterocycles. The molecule has 2 unspecified atom stereocenters. The van der Waals surface area contributed by atoms with Gasteiger partial charge in [-0.15, -0.1) is 0 Å². The molecule has 1 aromatic heterocycles. The molecule has 0 saturated carbocycles. The van der Waals surface area contributed by atoms with E-state index in [-0.39, 0.29) is 30.5 Å². The van der Waals surface area contributed by atoms with Gasteiger partial charge in [0.25, 0.3) is 5.91 Å². The molecule has 1 N–H and O–H groups in total. The topological polar surface area (TPSA) is 71.8 Å². The van der Waals surface area contributed by atoms with E-state index >= 15 is 0 Å². The van der Waals surface area contributed by atoms with Crippen molar-refractivity contribution in [2.45, 2.75) is 26.0 Å². The van der Waals surface area contributed by atoms with E-state index < -0.39 is 0 Å². The molecule has 1 fully saturated rings. The second-order valence-electron chi connectivity index (χ2n) is 6.19. The molecule has 0 aliphatic carbocycles. The Balaban J connectivity index is 1.67. The Kier molecular flexibility index (Phi) is 5.19. The molecule has 25 heavy (non-hydrogen) atoms. The third-order valence-corrected chi connectivity index (χ3v) is 4.38. The van der Waals surface area contributed by atoms with Crippen LogP contribution in [-0.2, 0) is 9.53 Å². The molecule has 2 aromatic rings. The fraction of sp³-hybridized carbons (Fsp3) is 0.368. The summed E-state index contributed by atoms with van der Waals surface area (Å²) in [6, 6.07) is 11.3. The van der Waals surface area contributed by atoms with Crippen LogP contribution < -0.4 is 5.32 Å². The van der Waals surface area contributed by atoms with Crippen LogP contribution in [0.1, 0.15) is 34.6 Å². The highest BCUT2D eigenvalue weighted by atomic mass is 16.5. The summed E-state index contributed by atoms with van der Waals surface area (Å²) < 4.78 is 10.9. The lowest BCUT2D eigenvalue weighted by atomic mass is 10.0. The smallest absolute Gasteiger partial charge is 0.255 e. The normalized spacial score (nSPS) is 20.3. The van der Waals surface area contributed by atoms with Gasteiger partial charge in [0.1, 0.15) is 5.76 Å². The second kappa shape index (κ2) is 7.53. The summed E-state index contributed by atoms with van der Waals surface area (Å²) in [6.45, 7) is 4.55. The fourth-order valence-electron chi connectivity index (χ4n) is 3.00. The molecule has 6 nitrogen and oxygen atoms in total. The minimum atomic E-state index is -0.308. The lowest BCUT2D eigenvalue weighted by Gasteiger charge is -2.39. The minimum absolute atomic E-state index is 0.0317. The molecule has 2 atom stereocenters. The van der Waals surface area contributed by atoms with Crippen LogP contribution in [0.3, 0.4) is 0 Å². The van der Waals surface area contributed by atoms with Crippen LogP contribution in [0.25, 0.3) is 0 Å². The number of ether oxygens (including phenoxy) is 1. The number of carbonyl (C=O) groups excluding carboxylic acids is 2. The molecule has 1 aromatic carbocycles. The van der Waals surface area contributed by atoms with Gasteiger partial charge in [0.2, 0.25) is 5.91 Å². The number of nitrogens with one attached hydrogen (secondary N) is 1. The minimum Gasteiger partial charge on any atom is -0.469 e. The maximum atomic E-state index is 12.7. The Labute approximate surface area is 146 Å². The molecule has 132 valence electrons. The van der Waals surface area contributed by atoms with Crippen molar-refractivity contribution >= 4 is 11.8 Å². The predicted octanol–water partition coefficient (Wildman–Crippen LogP) is 2.31. The summed E-state index contributed by atoms with van der Waals surface area (Å²) in [5.74, 6) is 0.0998. The van der Waals surface area contributed by atoms with Crippen LogP contribution in [0, 0.1) is 6.92 Å². The van der Waals surface area contributed by atoms with Crippen molar-refractivity contribution in [2.75, 3.05) is 19.7 Å². The zero-order chi connectivity index (χ0) is 17.8. The van der Waals surface area contributed by atoms with Gasteiger partial charge in [-0.25, -0.2) is 0 Å². The molecule has 1 aliphatic heterocycles. The predicted molar refractivity (Wildman–Crippen MR) is 92.1 cm³/mol. The van der Waals surface area contributed by atoms with Crippen molar-refractivity contribution in [1.82, 2.24) is 10.2 Å². The van der Waals surface area contributed by atoms with Gasteiger partial charge in [0, 0.05) is 6.54 Å². The number of carbonyl (C=O) groups is 2. The summed E-state index contributed by atoms with van der Waals surface area (Å²) in [4.78, 5) is 26.7. The summed E-state index contributed by atoms with van der Waals surface area (Å²) >= 11 is 0. The maximum Gasteiger partial charge on any atom is 0.255 e. The average molecular weight is 342 g/mol. The van der Waals surface area contributed by atoms with E-state index in [4.69, 9.17) is 9.15 Å². The Hall–Kier alpha value is -2.60. The van der Waals surface area contributed by atoms with E-state index in [0.29, 0.717) is 24.5 Å². The van der Waals surface area contributed by atoms with Crippen molar-refractivity contribution in [3.63, 3.8) is 0 Å². The van der Waals surface area contributed by atoms with Crippen LogP contribution in [0.15, 0.2) is 47.1 Å². The molecule has 3 rings (SSSR count). The van der Waals surface area contributed by atoms with Crippen molar-refractivity contribution in [3.05, 3.63) is 59.5 Å². The first-order chi connectivity index (χ1) is 12.1. The van der Waals surface area contributed by atoms with Crippen molar-refractivity contribution < 1.29 is 18.7 Å². The second-order valence-corrected chi connectivity index (χ2v) is 6.19. The first kappa shape index (κ1) is 17.2. The van der Waals surface area contributed by atoms with E-state index in [2.05, 4.69) is 5.32 Å². The van der Waals surface area contributed by atoms with Crippen LogP contribution in [-0.4, -0.2) is 42.5 Å². The third-order valence-electron chi connectivity index (χ3n) is 4.38. The van der Waals surface area contributed by atoms with Gasteiger partial charge < -0.3 is 19.4 Å². The molecule has 0 bridgehead atoms. The average Bonchev–Trinajstić information content (AvgIpc) is 3.06.